The van der Waals surface area contributed by atoms with Crippen molar-refractivity contribution in [2.75, 3.05) is 19.6 Å². The molecule has 25 heavy (non-hydrogen) atoms. The van der Waals surface area contributed by atoms with Crippen molar-refractivity contribution in [3.05, 3.63) is 10.6 Å². The molecule has 0 aliphatic carbocycles. The fourth-order valence-electron chi connectivity index (χ4n) is 1.50. The molecule has 0 aromatic heterocycles. The third kappa shape index (κ3) is 13.0. The zero-order valence-electron chi connectivity index (χ0n) is 12.9. The topological polar surface area (TPSA) is 205 Å². The molecule has 140 valence electrons. The molecule has 12 nitrogen and oxygen atoms in total. The summed E-state index contributed by atoms with van der Waals surface area (Å²) in [6.07, 6.45) is 4.30. The summed E-state index contributed by atoms with van der Waals surface area (Å²) in [4.78, 5) is 40.5. The largest absolute Gasteiger partial charge is 2.00 e. The Balaban J connectivity index is 0. The molecule has 0 spiro atoms. The van der Waals surface area contributed by atoms with Crippen molar-refractivity contribution in [1.82, 2.24) is 5.32 Å². The van der Waals surface area contributed by atoms with Crippen LogP contribution in [0.15, 0.2) is 4.99 Å². The van der Waals surface area contributed by atoms with Gasteiger partial charge in [-0.2, -0.15) is 0 Å². The summed E-state index contributed by atoms with van der Waals surface area (Å²) < 4.78 is 0. The Labute approximate surface area is 153 Å². The van der Waals surface area contributed by atoms with Gasteiger partial charge in [0.2, 0.25) is 0 Å². The van der Waals surface area contributed by atoms with Crippen molar-refractivity contribution in [2.45, 2.75) is 25.2 Å². The molecule has 13 heteroatoms. The number of hydrogen-bond acceptors (Lipinski definition) is 7. The summed E-state index contributed by atoms with van der Waals surface area (Å²) in [5.74, 6) is -7.66. The number of carbonyl (C=O) groups is 4. The Morgan fingerprint density at radius 3 is 1.92 bits per heavy atom. The molecule has 0 aromatic carbocycles. The van der Waals surface area contributed by atoms with E-state index >= 15 is 0 Å². The normalized spacial score (nSPS) is 21.1. The van der Waals surface area contributed by atoms with E-state index in [0.29, 0.717) is 0 Å². The zero-order chi connectivity index (χ0) is 18.5. The van der Waals surface area contributed by atoms with Crippen molar-refractivity contribution in [2.24, 2.45) is 4.99 Å². The first kappa shape index (κ1) is 25.2. The first-order valence-corrected chi connectivity index (χ1v) is 6.74. The van der Waals surface area contributed by atoms with Gasteiger partial charge < -0.3 is 46.2 Å². The third-order valence-corrected chi connectivity index (χ3v) is 2.49. The maximum Gasteiger partial charge on any atom is 2.00 e. The average Bonchev–Trinajstić information content (AvgIpc) is 2.57. The second-order valence-corrected chi connectivity index (χ2v) is 4.30. The molecule has 2 aliphatic rings. The average molecular weight is 397 g/mol. The number of nitrogens with one attached hydrogen (secondary N) is 1. The van der Waals surface area contributed by atoms with Crippen LogP contribution in [-0.4, -0.2) is 77.4 Å². The number of carboxylic acid groups (broad SMARTS) is 4. The van der Waals surface area contributed by atoms with Crippen LogP contribution in [0.25, 0.3) is 10.6 Å². The van der Waals surface area contributed by atoms with Crippen molar-refractivity contribution < 1.29 is 57.0 Å². The van der Waals surface area contributed by atoms with E-state index in [1.54, 1.807) is 0 Å². The third-order valence-electron chi connectivity index (χ3n) is 2.49. The van der Waals surface area contributed by atoms with E-state index in [9.17, 15) is 0 Å². The molecule has 1 fully saturated rings. The smallest absolute Gasteiger partial charge is 0.647 e. The van der Waals surface area contributed by atoms with Crippen molar-refractivity contribution in [3.8, 4) is 0 Å². The second kappa shape index (κ2) is 14.3. The number of rotatable bonds is 1. The minimum absolute atomic E-state index is 0. The van der Waals surface area contributed by atoms with Gasteiger partial charge in [-0.15, -0.1) is 13.1 Å². The molecule has 0 bridgehead atoms. The summed E-state index contributed by atoms with van der Waals surface area (Å²) in [6.45, 7) is 2.91. The van der Waals surface area contributed by atoms with Gasteiger partial charge in [0, 0.05) is 0 Å². The Kier molecular flexibility index (Phi) is 14.4. The molecule has 2 aliphatic heterocycles. The maximum absolute atomic E-state index is 9.10. The van der Waals surface area contributed by atoms with E-state index in [-0.39, 0.29) is 29.7 Å². The molecule has 0 radical (unpaired) electrons. The molecule has 0 amide bonds. The van der Waals surface area contributed by atoms with Crippen LogP contribution in [0.3, 0.4) is 0 Å². The van der Waals surface area contributed by atoms with Crippen LogP contribution in [0.4, 0.5) is 0 Å². The van der Waals surface area contributed by atoms with E-state index < -0.39 is 23.9 Å². The predicted octanol–water partition coefficient (Wildman–Crippen LogP) is -2.17. The maximum atomic E-state index is 9.10. The Bertz CT molecular complexity index is 434. The first-order valence-electron chi connectivity index (χ1n) is 6.74. The van der Waals surface area contributed by atoms with Crippen LogP contribution in [0.1, 0.15) is 12.8 Å². The van der Waals surface area contributed by atoms with E-state index in [1.165, 1.54) is 0 Å². The van der Waals surface area contributed by atoms with Gasteiger partial charge in [-0.25, -0.2) is 14.4 Å². The van der Waals surface area contributed by atoms with Crippen LogP contribution < -0.4 is 10.4 Å². The molecule has 1 saturated heterocycles. The van der Waals surface area contributed by atoms with Gasteiger partial charge in [0.1, 0.15) is 0 Å². The summed E-state index contributed by atoms with van der Waals surface area (Å²) in [5, 5.41) is 43.2. The van der Waals surface area contributed by atoms with Crippen LogP contribution in [0, 0.1) is 0 Å². The number of nitrogens with zero attached hydrogens (tertiary/aromatic N) is 3. The number of carboxylic acids is 4. The fourth-order valence-corrected chi connectivity index (χ4v) is 1.50. The molecule has 2 heterocycles. The number of carbonyl (C=O) groups excluding carboxylic acids is 1. The molecule has 0 saturated carbocycles. The second-order valence-electron chi connectivity index (χ2n) is 4.30. The molecule has 0 aromatic rings. The summed E-state index contributed by atoms with van der Waals surface area (Å²) in [6, 6.07) is 0. The molecule has 2 atom stereocenters. The summed E-state index contributed by atoms with van der Waals surface area (Å²) in [5.41, 5.74) is 0. The predicted molar refractivity (Wildman–Crippen MR) is 77.7 cm³/mol. The number of aliphatic carboxylic acids is 4. The Morgan fingerprint density at radius 2 is 1.60 bits per heavy atom. The quantitative estimate of drug-likeness (QED) is 0.355. The van der Waals surface area contributed by atoms with Crippen LogP contribution >= 0.6 is 0 Å². The summed E-state index contributed by atoms with van der Waals surface area (Å²) >= 11 is 0. The number of hydrogen-bond donors (Lipinski definition) is 4. The van der Waals surface area contributed by atoms with Crippen molar-refractivity contribution in [3.63, 3.8) is 0 Å². The molecule has 2 rings (SSSR count). The van der Waals surface area contributed by atoms with Crippen LogP contribution in [-0.2, 0) is 36.5 Å². The van der Waals surface area contributed by atoms with Crippen LogP contribution in [0.2, 0.25) is 0 Å². The molecule has 4 N–H and O–H groups in total. The van der Waals surface area contributed by atoms with E-state index in [4.69, 9.17) is 39.6 Å². The molecular formula is C12H17CrN4O8-. The van der Waals surface area contributed by atoms with Crippen molar-refractivity contribution in [1.29, 1.82) is 0 Å². The van der Waals surface area contributed by atoms with Gasteiger partial charge in [-0.3, -0.25) is 0 Å². The minimum atomic E-state index is -2.07. The first-order chi connectivity index (χ1) is 11.3. The van der Waals surface area contributed by atoms with E-state index in [2.05, 4.69) is 20.9 Å². The monoisotopic (exact) mass is 397 g/mol. The standard InChI is InChI=1S/C8H14N4.2C2H2O4.Cr/c1-3-9-7(10-4-1)8-11-5-2-6-12-8;2*3-1(4)2(5)6;/h3,7-8,11H,1-2,4-6H2;2*(H,3,4)(H,5,6);/q-2;;;+2/p-1. The fraction of sp³-hybridized carbons (Fsp3) is 0.583. The molecule has 2 unspecified atom stereocenters. The van der Waals surface area contributed by atoms with Crippen LogP contribution in [0.5, 0.6) is 0 Å². The van der Waals surface area contributed by atoms with Gasteiger partial charge in [-0.05, 0) is 25.3 Å². The van der Waals surface area contributed by atoms with Gasteiger partial charge in [-0.1, -0.05) is 12.6 Å². The summed E-state index contributed by atoms with van der Waals surface area (Å²) in [7, 11) is 0. The van der Waals surface area contributed by atoms with E-state index in [0.717, 1.165) is 32.5 Å². The van der Waals surface area contributed by atoms with E-state index in [1.807, 2.05) is 6.21 Å². The number of aliphatic imine (C=N–C) groups is 1. The Morgan fingerprint density at radius 1 is 1.04 bits per heavy atom. The molecular weight excluding hydrogens is 380 g/mol. The Hall–Kier alpha value is -2.04. The minimum Gasteiger partial charge on any atom is -0.647 e. The van der Waals surface area contributed by atoms with Gasteiger partial charge in [0.05, 0.1) is 0 Å². The van der Waals surface area contributed by atoms with Gasteiger partial charge in [0.25, 0.3) is 0 Å². The van der Waals surface area contributed by atoms with Gasteiger partial charge in [0.15, 0.2) is 5.97 Å². The SMILES string of the molecule is C1=NC(C2[N-]CCCN2)[N-]CC1.O=C(O)C(=O)O.O=C([O-])C(=O)O.[Cr+2]. The van der Waals surface area contributed by atoms with Gasteiger partial charge >= 0.3 is 35.3 Å². The zero-order valence-corrected chi connectivity index (χ0v) is 14.2. The van der Waals surface area contributed by atoms with Crippen molar-refractivity contribution >= 4 is 30.1 Å².